The van der Waals surface area contributed by atoms with Crippen molar-refractivity contribution in [2.45, 2.75) is 13.3 Å². The summed E-state index contributed by atoms with van der Waals surface area (Å²) in [6, 6.07) is 37.6. The van der Waals surface area contributed by atoms with Crippen molar-refractivity contribution in [3.63, 3.8) is 0 Å². The van der Waals surface area contributed by atoms with Gasteiger partial charge < -0.3 is 27.2 Å². The molecule has 5 rings (SSSR count). The van der Waals surface area contributed by atoms with Crippen molar-refractivity contribution in [1.29, 1.82) is 5.41 Å². The van der Waals surface area contributed by atoms with Gasteiger partial charge in [0.25, 0.3) is 0 Å². The van der Waals surface area contributed by atoms with Crippen LogP contribution in [0.25, 0.3) is 34.1 Å². The van der Waals surface area contributed by atoms with Gasteiger partial charge in [0.1, 0.15) is 0 Å². The Kier molecular flexibility index (Phi) is 10.7. The van der Waals surface area contributed by atoms with E-state index < -0.39 is 0 Å². The molecule has 0 aliphatic carbocycles. The van der Waals surface area contributed by atoms with Crippen LogP contribution in [0.2, 0.25) is 0 Å². The average Bonchev–Trinajstić information content (AvgIpc) is 3.36. The Morgan fingerprint density at radius 3 is 2.14 bits per heavy atom. The number of nitrogens with two attached hydrogens (primary N) is 3. The van der Waals surface area contributed by atoms with Gasteiger partial charge in [0.15, 0.2) is 0 Å². The molecule has 4 aromatic carbocycles. The molecule has 7 N–H and O–H groups in total. The number of rotatable bonds is 9. The summed E-state index contributed by atoms with van der Waals surface area (Å²) in [6.45, 7) is 5.70. The van der Waals surface area contributed by atoms with Gasteiger partial charge in [-0.1, -0.05) is 116 Å². The molecule has 1 aromatic heterocycles. The van der Waals surface area contributed by atoms with Crippen LogP contribution in [-0.2, 0) is 6.42 Å². The second kappa shape index (κ2) is 15.0. The van der Waals surface area contributed by atoms with Gasteiger partial charge in [-0.25, -0.2) is 0 Å². The quantitative estimate of drug-likeness (QED) is 0.109. The largest absolute Gasteiger partial charge is 0.399 e. The summed E-state index contributed by atoms with van der Waals surface area (Å²) >= 11 is 0. The van der Waals surface area contributed by atoms with E-state index >= 15 is 0 Å². The van der Waals surface area contributed by atoms with Crippen LogP contribution in [0.3, 0.4) is 0 Å². The maximum Gasteiger partial charge on any atom is 0.0537 e. The molecule has 216 valence electrons. The molecule has 0 saturated heterocycles. The number of benzene rings is 4. The van der Waals surface area contributed by atoms with Crippen molar-refractivity contribution in [2.75, 3.05) is 6.54 Å². The zero-order valence-electron chi connectivity index (χ0n) is 24.6. The molecule has 5 aromatic rings. The van der Waals surface area contributed by atoms with Gasteiger partial charge in [-0.15, -0.1) is 0 Å². The van der Waals surface area contributed by atoms with Crippen LogP contribution in [0, 0.1) is 5.41 Å². The standard InChI is InChI=1S/C32H29N3.C6H10N2/c1-2-29(33)25-16-11-17-26(21-25)35-31-19-10-9-18-27(31)28(22-30(34)24-14-7-4-8-15-24)32(35)20-23-12-5-3-6-13-23;1-2-3-4-6(8)5-7/h2-19,21-22H,20,33-34H2,1H3;2-4,8H,1,5,7H2/b29-2-,30-22-;4-3-,8-6?. The van der Waals surface area contributed by atoms with Gasteiger partial charge in [0.05, 0.1) is 5.52 Å². The first-order valence-electron chi connectivity index (χ1n) is 14.2. The highest BCUT2D eigenvalue weighted by Crippen LogP contribution is 2.34. The van der Waals surface area contributed by atoms with E-state index in [1.807, 2.05) is 43.3 Å². The molecule has 0 unspecified atom stereocenters. The predicted molar refractivity (Wildman–Crippen MR) is 185 cm³/mol. The monoisotopic (exact) mass is 565 g/mol. The van der Waals surface area contributed by atoms with Crippen molar-refractivity contribution >= 4 is 34.1 Å². The number of fused-ring (bicyclic) bond motifs is 1. The van der Waals surface area contributed by atoms with E-state index in [4.69, 9.17) is 22.6 Å². The summed E-state index contributed by atoms with van der Waals surface area (Å²) < 4.78 is 2.35. The minimum atomic E-state index is 0.296. The molecule has 0 spiro atoms. The van der Waals surface area contributed by atoms with Crippen LogP contribution in [-0.4, -0.2) is 16.8 Å². The smallest absolute Gasteiger partial charge is 0.0537 e. The minimum absolute atomic E-state index is 0.296. The summed E-state index contributed by atoms with van der Waals surface area (Å²) in [5.41, 5.74) is 27.8. The molecule has 0 fully saturated rings. The van der Waals surface area contributed by atoms with E-state index in [0.29, 0.717) is 12.3 Å². The highest BCUT2D eigenvalue weighted by Gasteiger charge is 2.18. The van der Waals surface area contributed by atoms with E-state index in [9.17, 15) is 0 Å². The Bertz CT molecular complexity index is 1770. The lowest BCUT2D eigenvalue weighted by molar-refractivity contribution is 0.981. The van der Waals surface area contributed by atoms with E-state index in [0.717, 1.165) is 45.7 Å². The zero-order chi connectivity index (χ0) is 30.6. The number of para-hydroxylation sites is 1. The van der Waals surface area contributed by atoms with Gasteiger partial charge >= 0.3 is 0 Å². The van der Waals surface area contributed by atoms with Crippen molar-refractivity contribution in [2.24, 2.45) is 17.2 Å². The Labute approximate surface area is 254 Å². The van der Waals surface area contributed by atoms with Gasteiger partial charge in [0, 0.05) is 52.4 Å². The highest BCUT2D eigenvalue weighted by molar-refractivity contribution is 5.97. The van der Waals surface area contributed by atoms with E-state index in [-0.39, 0.29) is 0 Å². The highest BCUT2D eigenvalue weighted by atomic mass is 15.0. The molecule has 0 saturated carbocycles. The lowest BCUT2D eigenvalue weighted by Gasteiger charge is -2.14. The second-order valence-corrected chi connectivity index (χ2v) is 9.96. The molecule has 0 bridgehead atoms. The van der Waals surface area contributed by atoms with Gasteiger partial charge in [-0.3, -0.25) is 0 Å². The van der Waals surface area contributed by atoms with Crippen LogP contribution in [0.15, 0.2) is 140 Å². The van der Waals surface area contributed by atoms with Crippen molar-refractivity contribution in [3.05, 3.63) is 168 Å². The molecule has 0 aliphatic heterocycles. The van der Waals surface area contributed by atoms with Crippen LogP contribution >= 0.6 is 0 Å². The molecule has 0 radical (unpaired) electrons. The Morgan fingerprint density at radius 1 is 0.814 bits per heavy atom. The molecule has 1 heterocycles. The third-order valence-electron chi connectivity index (χ3n) is 7.04. The second-order valence-electron chi connectivity index (χ2n) is 9.96. The van der Waals surface area contributed by atoms with E-state index in [2.05, 4.69) is 96.1 Å². The third-order valence-corrected chi connectivity index (χ3v) is 7.04. The topological polar surface area (TPSA) is 107 Å². The Hall–Kier alpha value is -5.39. The fourth-order valence-corrected chi connectivity index (χ4v) is 4.85. The first-order chi connectivity index (χ1) is 21.0. The maximum atomic E-state index is 6.98. The number of hydrogen-bond acceptors (Lipinski definition) is 4. The lowest BCUT2D eigenvalue weighted by atomic mass is 10.0. The van der Waals surface area contributed by atoms with Crippen LogP contribution in [0.5, 0.6) is 0 Å². The lowest BCUT2D eigenvalue weighted by Crippen LogP contribution is -2.08. The average molecular weight is 566 g/mol. The summed E-state index contributed by atoms with van der Waals surface area (Å²) in [6.07, 6.45) is 9.75. The van der Waals surface area contributed by atoms with Crippen LogP contribution < -0.4 is 17.2 Å². The van der Waals surface area contributed by atoms with Gasteiger partial charge in [0.2, 0.25) is 0 Å². The van der Waals surface area contributed by atoms with E-state index in [1.54, 1.807) is 18.2 Å². The first-order valence-corrected chi connectivity index (χ1v) is 14.2. The molecule has 5 heteroatoms. The maximum absolute atomic E-state index is 6.98. The Balaban J connectivity index is 0.000000467. The first kappa shape index (κ1) is 30.6. The molecule has 0 aliphatic rings. The number of nitrogens with one attached hydrogen (secondary N) is 1. The molecule has 0 amide bonds. The van der Waals surface area contributed by atoms with Crippen LogP contribution in [0.4, 0.5) is 0 Å². The normalized spacial score (nSPS) is 11.8. The summed E-state index contributed by atoms with van der Waals surface area (Å²) in [5.74, 6) is 0. The van der Waals surface area contributed by atoms with Gasteiger partial charge in [-0.2, -0.15) is 0 Å². The predicted octanol–water partition coefficient (Wildman–Crippen LogP) is 7.70. The molecule has 5 nitrogen and oxygen atoms in total. The number of allylic oxidation sites excluding steroid dienone is 3. The van der Waals surface area contributed by atoms with Crippen LogP contribution in [0.1, 0.15) is 34.9 Å². The van der Waals surface area contributed by atoms with Crippen molar-refractivity contribution in [1.82, 2.24) is 4.57 Å². The Morgan fingerprint density at radius 2 is 1.47 bits per heavy atom. The number of nitrogens with zero attached hydrogens (tertiary/aromatic N) is 1. The number of hydrogen-bond donors (Lipinski definition) is 4. The van der Waals surface area contributed by atoms with Gasteiger partial charge in [-0.05, 0) is 54.0 Å². The molecular formula is C38H39N5. The summed E-state index contributed by atoms with van der Waals surface area (Å²) in [4.78, 5) is 0. The molecule has 43 heavy (non-hydrogen) atoms. The number of aromatic nitrogens is 1. The fraction of sp³-hybridized carbons (Fsp3) is 0.0789. The zero-order valence-corrected chi connectivity index (χ0v) is 24.6. The van der Waals surface area contributed by atoms with Crippen molar-refractivity contribution < 1.29 is 0 Å². The van der Waals surface area contributed by atoms with Crippen molar-refractivity contribution in [3.8, 4) is 5.69 Å². The summed E-state index contributed by atoms with van der Waals surface area (Å²) in [7, 11) is 0. The third kappa shape index (κ3) is 7.67. The summed E-state index contributed by atoms with van der Waals surface area (Å²) in [5, 5.41) is 8.15. The fourth-order valence-electron chi connectivity index (χ4n) is 4.85. The van der Waals surface area contributed by atoms with E-state index in [1.165, 1.54) is 16.6 Å². The molecular weight excluding hydrogens is 526 g/mol. The molecule has 0 atom stereocenters. The minimum Gasteiger partial charge on any atom is -0.399 e. The SMILES string of the molecule is C/C=C(\N)c1cccc(-n2c(Cc3ccccc3)c(/C=C(\N)c3ccccc3)c3ccccc32)c1.C=C/C=C\C(=N)CN.